The van der Waals surface area contributed by atoms with Crippen molar-refractivity contribution in [3.05, 3.63) is 63.5 Å². The second-order valence-electron chi connectivity index (χ2n) is 6.93. The molecule has 148 valence electrons. The zero-order chi connectivity index (χ0) is 20.2. The summed E-state index contributed by atoms with van der Waals surface area (Å²) in [6.45, 7) is 4.15. The van der Waals surface area contributed by atoms with Gasteiger partial charge < -0.3 is 5.32 Å². The molecular weight excluding hydrogens is 388 g/mol. The first-order valence-electron chi connectivity index (χ1n) is 9.31. The zero-order valence-corrected chi connectivity index (χ0v) is 16.6. The highest BCUT2D eigenvalue weighted by molar-refractivity contribution is 7.15. The van der Waals surface area contributed by atoms with Crippen LogP contribution in [0.5, 0.6) is 0 Å². The van der Waals surface area contributed by atoms with Crippen molar-refractivity contribution in [1.82, 2.24) is 19.2 Å². The van der Waals surface area contributed by atoms with Crippen LogP contribution in [0.2, 0.25) is 0 Å². The van der Waals surface area contributed by atoms with Crippen molar-refractivity contribution >= 4 is 27.9 Å². The van der Waals surface area contributed by atoms with Gasteiger partial charge in [-0.2, -0.15) is 5.26 Å². The van der Waals surface area contributed by atoms with Crippen molar-refractivity contribution in [2.75, 3.05) is 38.0 Å². The fraction of sp³-hybridized carbons (Fsp3) is 0.300. The standard InChI is InChI=1S/C20H20N6O2S/c21-12-15-1-3-16(4-2-15)22-18(27)14-25-7-5-24(6-8-25)13-17-11-19(28)26-9-10-29-20(26)23-17/h1-4,9-11H,5-8,13-14H2,(H,22,27). The van der Waals surface area contributed by atoms with Gasteiger partial charge in [-0.15, -0.1) is 11.3 Å². The lowest BCUT2D eigenvalue weighted by atomic mass is 10.2. The van der Waals surface area contributed by atoms with Gasteiger partial charge in [0.15, 0.2) is 4.96 Å². The van der Waals surface area contributed by atoms with Gasteiger partial charge in [0.2, 0.25) is 5.91 Å². The topological polar surface area (TPSA) is 93.7 Å². The normalized spacial score (nSPS) is 15.3. The molecule has 1 N–H and O–H groups in total. The maximum atomic E-state index is 12.3. The molecule has 9 heteroatoms. The molecule has 2 aromatic heterocycles. The third kappa shape index (κ3) is 4.68. The zero-order valence-electron chi connectivity index (χ0n) is 15.7. The highest BCUT2D eigenvalue weighted by atomic mass is 32.1. The molecule has 1 amide bonds. The number of nitrogens with one attached hydrogen (secondary N) is 1. The van der Waals surface area contributed by atoms with Crippen LogP contribution in [0.15, 0.2) is 46.7 Å². The largest absolute Gasteiger partial charge is 0.325 e. The minimum atomic E-state index is -0.0685. The summed E-state index contributed by atoms with van der Waals surface area (Å²) in [5.74, 6) is -0.0685. The first-order valence-corrected chi connectivity index (χ1v) is 10.2. The number of fused-ring (bicyclic) bond motifs is 1. The molecule has 3 heterocycles. The number of nitrogens with zero attached hydrogens (tertiary/aromatic N) is 5. The molecule has 1 aliphatic heterocycles. The van der Waals surface area contributed by atoms with Crippen LogP contribution in [0.1, 0.15) is 11.3 Å². The molecule has 0 unspecified atom stereocenters. The van der Waals surface area contributed by atoms with Crippen molar-refractivity contribution in [3.8, 4) is 6.07 Å². The summed E-state index contributed by atoms with van der Waals surface area (Å²) in [4.78, 5) is 34.0. The van der Waals surface area contributed by atoms with E-state index in [1.54, 1.807) is 40.9 Å². The Morgan fingerprint density at radius 1 is 1.17 bits per heavy atom. The third-order valence-electron chi connectivity index (χ3n) is 4.87. The van der Waals surface area contributed by atoms with Crippen LogP contribution in [-0.2, 0) is 11.3 Å². The van der Waals surface area contributed by atoms with E-state index in [4.69, 9.17) is 5.26 Å². The quantitative estimate of drug-likeness (QED) is 0.686. The first-order chi connectivity index (χ1) is 14.1. The minimum Gasteiger partial charge on any atom is -0.325 e. The minimum absolute atomic E-state index is 0.0515. The van der Waals surface area contributed by atoms with E-state index >= 15 is 0 Å². The Hall–Kier alpha value is -3.06. The number of hydrogen-bond donors (Lipinski definition) is 1. The van der Waals surface area contributed by atoms with Gasteiger partial charge in [0.1, 0.15) is 0 Å². The fourth-order valence-electron chi connectivity index (χ4n) is 3.34. The van der Waals surface area contributed by atoms with E-state index in [1.165, 1.54) is 11.3 Å². The lowest BCUT2D eigenvalue weighted by Gasteiger charge is -2.34. The number of rotatable bonds is 5. The number of piperazine rings is 1. The third-order valence-corrected chi connectivity index (χ3v) is 5.63. The van der Waals surface area contributed by atoms with Crippen molar-refractivity contribution in [3.63, 3.8) is 0 Å². The van der Waals surface area contributed by atoms with Gasteiger partial charge in [0, 0.05) is 56.1 Å². The van der Waals surface area contributed by atoms with Gasteiger partial charge in [0.25, 0.3) is 5.56 Å². The molecule has 29 heavy (non-hydrogen) atoms. The molecule has 3 aromatic rings. The number of thiazole rings is 1. The predicted octanol–water partition coefficient (Wildman–Crippen LogP) is 1.38. The highest BCUT2D eigenvalue weighted by Crippen LogP contribution is 2.11. The van der Waals surface area contributed by atoms with Crippen molar-refractivity contribution in [1.29, 1.82) is 5.26 Å². The Bertz CT molecular complexity index is 1110. The van der Waals surface area contributed by atoms with Crippen LogP contribution < -0.4 is 10.9 Å². The van der Waals surface area contributed by atoms with E-state index in [1.807, 2.05) is 5.38 Å². The van der Waals surface area contributed by atoms with Crippen LogP contribution in [0.25, 0.3) is 4.96 Å². The maximum Gasteiger partial charge on any atom is 0.258 e. The van der Waals surface area contributed by atoms with E-state index in [-0.39, 0.29) is 11.5 Å². The van der Waals surface area contributed by atoms with Crippen LogP contribution in [0, 0.1) is 11.3 Å². The Kier molecular flexibility index (Phi) is 5.67. The summed E-state index contributed by atoms with van der Waals surface area (Å²) in [7, 11) is 0. The number of nitriles is 1. The number of aromatic nitrogens is 2. The summed E-state index contributed by atoms with van der Waals surface area (Å²) >= 11 is 1.45. The summed E-state index contributed by atoms with van der Waals surface area (Å²) in [6.07, 6.45) is 1.74. The lowest BCUT2D eigenvalue weighted by molar-refractivity contribution is -0.117. The van der Waals surface area contributed by atoms with E-state index in [2.05, 4.69) is 26.2 Å². The lowest BCUT2D eigenvalue weighted by Crippen LogP contribution is -2.48. The SMILES string of the molecule is N#Cc1ccc(NC(=O)CN2CCN(Cc3cc(=O)n4ccsc4n3)CC2)cc1. The summed E-state index contributed by atoms with van der Waals surface area (Å²) in [5.41, 5.74) is 1.98. The molecule has 0 radical (unpaired) electrons. The fourth-order valence-corrected chi connectivity index (χ4v) is 4.07. The molecule has 1 saturated heterocycles. The molecule has 0 saturated carbocycles. The van der Waals surface area contributed by atoms with Gasteiger partial charge >= 0.3 is 0 Å². The average molecular weight is 408 g/mol. The Labute approximate surface area is 171 Å². The second-order valence-corrected chi connectivity index (χ2v) is 7.80. The number of carbonyl (C=O) groups is 1. The summed E-state index contributed by atoms with van der Waals surface area (Å²) in [6, 6.07) is 10.5. The number of anilines is 1. The van der Waals surface area contributed by atoms with E-state index in [0.717, 1.165) is 31.9 Å². The van der Waals surface area contributed by atoms with Gasteiger partial charge in [-0.1, -0.05) is 0 Å². The number of hydrogen-bond acceptors (Lipinski definition) is 7. The van der Waals surface area contributed by atoms with Crippen molar-refractivity contribution in [2.45, 2.75) is 6.54 Å². The molecule has 1 fully saturated rings. The van der Waals surface area contributed by atoms with Crippen LogP contribution >= 0.6 is 11.3 Å². The number of amides is 1. The van der Waals surface area contributed by atoms with Crippen LogP contribution in [-0.4, -0.2) is 57.8 Å². The maximum absolute atomic E-state index is 12.3. The highest BCUT2D eigenvalue weighted by Gasteiger charge is 2.20. The molecule has 1 aliphatic rings. The average Bonchev–Trinajstić information content (AvgIpc) is 3.19. The van der Waals surface area contributed by atoms with Crippen molar-refractivity contribution < 1.29 is 4.79 Å². The smallest absolute Gasteiger partial charge is 0.258 e. The number of carbonyl (C=O) groups excluding carboxylic acids is 1. The predicted molar refractivity (Wildman–Crippen MR) is 111 cm³/mol. The second kappa shape index (κ2) is 8.53. The Morgan fingerprint density at radius 3 is 2.62 bits per heavy atom. The molecule has 0 spiro atoms. The van der Waals surface area contributed by atoms with Gasteiger partial charge in [0.05, 0.1) is 23.9 Å². The van der Waals surface area contributed by atoms with Crippen LogP contribution in [0.4, 0.5) is 5.69 Å². The molecule has 0 aliphatic carbocycles. The van der Waals surface area contributed by atoms with E-state index < -0.39 is 0 Å². The van der Waals surface area contributed by atoms with Crippen molar-refractivity contribution in [2.24, 2.45) is 0 Å². The summed E-state index contributed by atoms with van der Waals surface area (Å²) in [5, 5.41) is 13.5. The molecule has 4 rings (SSSR count). The molecule has 1 aromatic carbocycles. The van der Waals surface area contributed by atoms with Gasteiger partial charge in [-0.3, -0.25) is 23.8 Å². The van der Waals surface area contributed by atoms with E-state index in [9.17, 15) is 9.59 Å². The van der Waals surface area contributed by atoms with Gasteiger partial charge in [-0.05, 0) is 24.3 Å². The monoisotopic (exact) mass is 408 g/mol. The number of benzene rings is 1. The Balaban J connectivity index is 1.27. The van der Waals surface area contributed by atoms with E-state index in [0.29, 0.717) is 29.3 Å². The molecule has 0 bridgehead atoms. The summed E-state index contributed by atoms with van der Waals surface area (Å²) < 4.78 is 1.55. The molecule has 0 atom stereocenters. The Morgan fingerprint density at radius 2 is 1.90 bits per heavy atom. The molecule has 8 nitrogen and oxygen atoms in total. The first kappa shape index (κ1) is 19.3. The van der Waals surface area contributed by atoms with Crippen LogP contribution in [0.3, 0.4) is 0 Å². The van der Waals surface area contributed by atoms with Gasteiger partial charge in [-0.25, -0.2) is 4.98 Å². The molecular formula is C20H20N6O2S.